The van der Waals surface area contributed by atoms with Crippen molar-refractivity contribution in [1.29, 1.82) is 0 Å². The van der Waals surface area contributed by atoms with Crippen LogP contribution < -0.4 is 4.90 Å². The molecule has 0 atom stereocenters. The van der Waals surface area contributed by atoms with Gasteiger partial charge in [-0.3, -0.25) is 4.79 Å². The van der Waals surface area contributed by atoms with Gasteiger partial charge in [-0.05, 0) is 46.7 Å². The molecule has 0 saturated carbocycles. The SMILES string of the molecule is COC(=O)c1cccc(-n2nnnc2SCC(=O)N2CCc3ccccc32)c1. The molecular formula is C19H17N5O3S. The molecule has 1 aliphatic rings. The molecule has 0 radical (unpaired) electrons. The number of benzene rings is 2. The van der Waals surface area contributed by atoms with E-state index in [-0.39, 0.29) is 11.7 Å². The molecule has 0 spiro atoms. The monoisotopic (exact) mass is 395 g/mol. The first-order chi connectivity index (χ1) is 13.7. The molecule has 0 N–H and O–H groups in total. The molecule has 0 aliphatic carbocycles. The van der Waals surface area contributed by atoms with E-state index >= 15 is 0 Å². The fourth-order valence-corrected chi connectivity index (χ4v) is 3.88. The van der Waals surface area contributed by atoms with E-state index in [0.29, 0.717) is 23.0 Å². The first-order valence-electron chi connectivity index (χ1n) is 8.65. The van der Waals surface area contributed by atoms with E-state index in [1.54, 1.807) is 29.2 Å². The molecule has 3 aromatic rings. The van der Waals surface area contributed by atoms with Gasteiger partial charge in [0.15, 0.2) is 0 Å². The number of para-hydroxylation sites is 1. The van der Waals surface area contributed by atoms with Gasteiger partial charge in [0.1, 0.15) is 0 Å². The summed E-state index contributed by atoms with van der Waals surface area (Å²) in [6.45, 7) is 0.685. The van der Waals surface area contributed by atoms with Crippen molar-refractivity contribution in [3.05, 3.63) is 59.7 Å². The van der Waals surface area contributed by atoms with Crippen LogP contribution >= 0.6 is 11.8 Å². The van der Waals surface area contributed by atoms with Crippen molar-refractivity contribution in [3.8, 4) is 5.69 Å². The molecule has 9 heteroatoms. The van der Waals surface area contributed by atoms with Crippen LogP contribution in [0.3, 0.4) is 0 Å². The Labute approximate surface area is 165 Å². The van der Waals surface area contributed by atoms with Crippen LogP contribution in [0.1, 0.15) is 15.9 Å². The van der Waals surface area contributed by atoms with E-state index < -0.39 is 5.97 Å². The molecular weight excluding hydrogens is 378 g/mol. The number of nitrogens with zero attached hydrogens (tertiary/aromatic N) is 5. The molecule has 0 fully saturated rings. The molecule has 8 nitrogen and oxygen atoms in total. The highest BCUT2D eigenvalue weighted by Crippen LogP contribution is 2.29. The van der Waals surface area contributed by atoms with Crippen molar-refractivity contribution >= 4 is 29.3 Å². The number of carbonyl (C=O) groups excluding carboxylic acids is 2. The van der Waals surface area contributed by atoms with Gasteiger partial charge in [0, 0.05) is 12.2 Å². The van der Waals surface area contributed by atoms with Crippen LogP contribution in [0.25, 0.3) is 5.69 Å². The molecule has 0 saturated heterocycles. The minimum Gasteiger partial charge on any atom is -0.465 e. The Morgan fingerprint density at radius 3 is 2.89 bits per heavy atom. The third-order valence-corrected chi connectivity index (χ3v) is 5.37. The number of fused-ring (bicyclic) bond motifs is 1. The van der Waals surface area contributed by atoms with E-state index in [9.17, 15) is 9.59 Å². The van der Waals surface area contributed by atoms with E-state index in [4.69, 9.17) is 4.74 Å². The van der Waals surface area contributed by atoms with Crippen molar-refractivity contribution in [2.24, 2.45) is 0 Å². The molecule has 2 aromatic carbocycles. The van der Waals surface area contributed by atoms with Gasteiger partial charge >= 0.3 is 5.97 Å². The van der Waals surface area contributed by atoms with Crippen LogP contribution in [0.15, 0.2) is 53.7 Å². The first-order valence-corrected chi connectivity index (χ1v) is 9.64. The summed E-state index contributed by atoms with van der Waals surface area (Å²) in [4.78, 5) is 26.2. The highest BCUT2D eigenvalue weighted by Gasteiger charge is 2.24. The number of aromatic nitrogens is 4. The van der Waals surface area contributed by atoms with Gasteiger partial charge in [0.2, 0.25) is 11.1 Å². The number of ether oxygens (including phenoxy) is 1. The molecule has 142 valence electrons. The molecule has 0 bridgehead atoms. The molecule has 1 amide bonds. The second kappa shape index (κ2) is 7.81. The summed E-state index contributed by atoms with van der Waals surface area (Å²) in [5.41, 5.74) is 3.18. The van der Waals surface area contributed by atoms with Gasteiger partial charge in [-0.15, -0.1) is 5.10 Å². The van der Waals surface area contributed by atoms with Crippen LogP contribution in [-0.2, 0) is 16.0 Å². The summed E-state index contributed by atoms with van der Waals surface area (Å²) in [6.07, 6.45) is 0.866. The van der Waals surface area contributed by atoms with Gasteiger partial charge in [-0.2, -0.15) is 4.68 Å². The number of carbonyl (C=O) groups is 2. The molecule has 0 unspecified atom stereocenters. The largest absolute Gasteiger partial charge is 0.465 e. The van der Waals surface area contributed by atoms with Crippen LogP contribution in [0.4, 0.5) is 5.69 Å². The number of hydrogen-bond donors (Lipinski definition) is 0. The number of hydrogen-bond acceptors (Lipinski definition) is 7. The van der Waals surface area contributed by atoms with Crippen molar-refractivity contribution in [3.63, 3.8) is 0 Å². The van der Waals surface area contributed by atoms with Crippen molar-refractivity contribution < 1.29 is 14.3 Å². The summed E-state index contributed by atoms with van der Waals surface area (Å²) in [5, 5.41) is 12.2. The molecule has 1 aliphatic heterocycles. The second-order valence-corrected chi connectivity index (χ2v) is 7.07. The number of rotatable bonds is 5. The Morgan fingerprint density at radius 1 is 1.18 bits per heavy atom. The fraction of sp³-hybridized carbons (Fsp3) is 0.211. The van der Waals surface area contributed by atoms with Crippen LogP contribution in [0.2, 0.25) is 0 Å². The van der Waals surface area contributed by atoms with Gasteiger partial charge in [-0.25, -0.2) is 4.79 Å². The second-order valence-electron chi connectivity index (χ2n) is 6.13. The number of methoxy groups -OCH3 is 1. The maximum absolute atomic E-state index is 12.7. The van der Waals surface area contributed by atoms with Crippen LogP contribution in [0.5, 0.6) is 0 Å². The molecule has 4 rings (SSSR count). The lowest BCUT2D eigenvalue weighted by Crippen LogP contribution is -2.30. The lowest BCUT2D eigenvalue weighted by Gasteiger charge is -2.16. The summed E-state index contributed by atoms with van der Waals surface area (Å²) in [5.74, 6) is -0.217. The quantitative estimate of drug-likeness (QED) is 0.483. The average molecular weight is 395 g/mol. The van der Waals surface area contributed by atoms with Crippen molar-refractivity contribution in [1.82, 2.24) is 20.2 Å². The fourth-order valence-electron chi connectivity index (χ4n) is 3.11. The average Bonchev–Trinajstić information content (AvgIpc) is 3.38. The third kappa shape index (κ3) is 3.48. The van der Waals surface area contributed by atoms with Crippen LogP contribution in [-0.4, -0.2) is 51.5 Å². The maximum atomic E-state index is 12.7. The van der Waals surface area contributed by atoms with Crippen LogP contribution in [0, 0.1) is 0 Å². The van der Waals surface area contributed by atoms with Gasteiger partial charge in [0.25, 0.3) is 0 Å². The predicted molar refractivity (Wildman–Crippen MR) is 104 cm³/mol. The van der Waals surface area contributed by atoms with Crippen molar-refractivity contribution in [2.75, 3.05) is 24.3 Å². The molecule has 2 heterocycles. The van der Waals surface area contributed by atoms with Gasteiger partial charge < -0.3 is 9.64 Å². The number of thioether (sulfide) groups is 1. The predicted octanol–water partition coefficient (Wildman–Crippen LogP) is 2.13. The Balaban J connectivity index is 1.49. The van der Waals surface area contributed by atoms with E-state index in [2.05, 4.69) is 15.5 Å². The number of anilines is 1. The standard InChI is InChI=1S/C19H17N5O3S/c1-27-18(26)14-6-4-7-15(11-14)24-19(20-21-22-24)28-12-17(25)23-10-9-13-5-2-3-8-16(13)23/h2-8,11H,9-10,12H2,1H3. The third-order valence-electron chi connectivity index (χ3n) is 4.47. The zero-order valence-corrected chi connectivity index (χ0v) is 15.9. The Hall–Kier alpha value is -3.20. The zero-order chi connectivity index (χ0) is 19.5. The summed E-state index contributed by atoms with van der Waals surface area (Å²) >= 11 is 1.26. The van der Waals surface area contributed by atoms with E-state index in [1.807, 2.05) is 24.3 Å². The highest BCUT2D eigenvalue weighted by atomic mass is 32.2. The number of tetrazole rings is 1. The van der Waals surface area contributed by atoms with E-state index in [1.165, 1.54) is 29.1 Å². The van der Waals surface area contributed by atoms with Gasteiger partial charge in [-0.1, -0.05) is 36.0 Å². The highest BCUT2D eigenvalue weighted by molar-refractivity contribution is 7.99. The smallest absolute Gasteiger partial charge is 0.337 e. The Kier molecular flexibility index (Phi) is 5.07. The summed E-state index contributed by atoms with van der Waals surface area (Å²) < 4.78 is 6.25. The summed E-state index contributed by atoms with van der Waals surface area (Å²) in [6, 6.07) is 14.7. The normalized spacial score (nSPS) is 12.7. The molecule has 28 heavy (non-hydrogen) atoms. The number of esters is 1. The lowest BCUT2D eigenvalue weighted by molar-refractivity contribution is -0.116. The summed E-state index contributed by atoms with van der Waals surface area (Å²) in [7, 11) is 1.33. The van der Waals surface area contributed by atoms with E-state index in [0.717, 1.165) is 12.1 Å². The van der Waals surface area contributed by atoms with Crippen molar-refractivity contribution in [2.45, 2.75) is 11.6 Å². The zero-order valence-electron chi connectivity index (χ0n) is 15.1. The minimum atomic E-state index is -0.438. The topological polar surface area (TPSA) is 90.2 Å². The minimum absolute atomic E-state index is 0.00723. The Morgan fingerprint density at radius 2 is 2.04 bits per heavy atom. The number of amides is 1. The molecule has 1 aromatic heterocycles. The first kappa shape index (κ1) is 18.2. The maximum Gasteiger partial charge on any atom is 0.337 e. The van der Waals surface area contributed by atoms with Gasteiger partial charge in [0.05, 0.1) is 24.1 Å². The lowest BCUT2D eigenvalue weighted by atomic mass is 10.2. The Bertz CT molecular complexity index is 1040.